The average molecular weight is 198 g/mol. The molecule has 4 nitrogen and oxygen atoms in total. The van der Waals surface area contributed by atoms with E-state index in [1.54, 1.807) is 11.3 Å². The van der Waals surface area contributed by atoms with Crippen LogP contribution in [-0.4, -0.2) is 18.2 Å². The Morgan fingerprint density at radius 2 is 2.54 bits per heavy atom. The lowest BCUT2D eigenvalue weighted by Crippen LogP contribution is -2.16. The molecule has 0 bridgehead atoms. The predicted molar refractivity (Wildman–Crippen MR) is 51.7 cm³/mol. The zero-order valence-electron chi connectivity index (χ0n) is 7.19. The lowest BCUT2D eigenvalue weighted by atomic mass is 10.3. The molecule has 0 aromatic carbocycles. The molecule has 0 unspecified atom stereocenters. The largest absolute Gasteiger partial charge is 0.385 e. The summed E-state index contributed by atoms with van der Waals surface area (Å²) in [5.41, 5.74) is 5.61. The SMILES string of the molecule is C/C(=N/OCC(N)=O)c1cccs1. The third-order valence-corrected chi connectivity index (χ3v) is 2.26. The number of rotatable bonds is 4. The minimum absolute atomic E-state index is 0.178. The van der Waals surface area contributed by atoms with E-state index in [4.69, 9.17) is 10.6 Å². The van der Waals surface area contributed by atoms with Crippen LogP contribution in [0, 0.1) is 0 Å². The molecule has 0 aliphatic rings. The summed E-state index contributed by atoms with van der Waals surface area (Å²) in [6, 6.07) is 3.85. The Balaban J connectivity index is 2.48. The molecule has 0 aliphatic carbocycles. The van der Waals surface area contributed by atoms with Crippen LogP contribution in [0.1, 0.15) is 11.8 Å². The van der Waals surface area contributed by atoms with E-state index in [0.717, 1.165) is 10.6 Å². The van der Waals surface area contributed by atoms with Crippen molar-refractivity contribution in [1.82, 2.24) is 0 Å². The summed E-state index contributed by atoms with van der Waals surface area (Å²) in [7, 11) is 0. The van der Waals surface area contributed by atoms with Gasteiger partial charge in [0, 0.05) is 0 Å². The first kappa shape index (κ1) is 9.73. The summed E-state index contributed by atoms with van der Waals surface area (Å²) >= 11 is 1.56. The summed E-state index contributed by atoms with van der Waals surface area (Å²) in [6.07, 6.45) is 0. The van der Waals surface area contributed by atoms with Crippen LogP contribution in [-0.2, 0) is 9.63 Å². The van der Waals surface area contributed by atoms with E-state index in [9.17, 15) is 4.79 Å². The molecule has 1 aromatic heterocycles. The Hall–Kier alpha value is -1.36. The molecule has 70 valence electrons. The fourth-order valence-electron chi connectivity index (χ4n) is 0.722. The predicted octanol–water partition coefficient (Wildman–Crippen LogP) is 0.974. The number of nitrogens with zero attached hydrogens (tertiary/aromatic N) is 1. The smallest absolute Gasteiger partial charge is 0.258 e. The first-order valence-corrected chi connectivity index (χ1v) is 4.57. The molecule has 13 heavy (non-hydrogen) atoms. The highest BCUT2D eigenvalue weighted by Crippen LogP contribution is 2.09. The Labute approximate surface area is 80.0 Å². The molecule has 2 N–H and O–H groups in total. The Bertz CT molecular complexity index is 306. The van der Waals surface area contributed by atoms with Gasteiger partial charge in [-0.1, -0.05) is 11.2 Å². The molecule has 5 heteroatoms. The minimum Gasteiger partial charge on any atom is -0.385 e. The van der Waals surface area contributed by atoms with Gasteiger partial charge in [0.15, 0.2) is 6.61 Å². The van der Waals surface area contributed by atoms with Crippen LogP contribution in [0.2, 0.25) is 0 Å². The van der Waals surface area contributed by atoms with E-state index in [-0.39, 0.29) is 6.61 Å². The minimum atomic E-state index is -0.525. The second kappa shape index (κ2) is 4.61. The van der Waals surface area contributed by atoms with Crippen LogP contribution >= 0.6 is 11.3 Å². The van der Waals surface area contributed by atoms with E-state index in [0.29, 0.717) is 0 Å². The van der Waals surface area contributed by atoms with Crippen molar-refractivity contribution in [2.75, 3.05) is 6.61 Å². The van der Waals surface area contributed by atoms with Crippen LogP contribution in [0.25, 0.3) is 0 Å². The van der Waals surface area contributed by atoms with Crippen molar-refractivity contribution in [2.45, 2.75) is 6.92 Å². The van der Waals surface area contributed by atoms with Crippen LogP contribution in [0.4, 0.5) is 0 Å². The van der Waals surface area contributed by atoms with Gasteiger partial charge in [0.1, 0.15) is 0 Å². The van der Waals surface area contributed by atoms with Crippen LogP contribution in [0.15, 0.2) is 22.7 Å². The van der Waals surface area contributed by atoms with Crippen LogP contribution < -0.4 is 5.73 Å². The van der Waals surface area contributed by atoms with Gasteiger partial charge in [-0.15, -0.1) is 11.3 Å². The summed E-state index contributed by atoms with van der Waals surface area (Å²) in [6.45, 7) is 1.63. The van der Waals surface area contributed by atoms with E-state index in [2.05, 4.69) is 5.16 Å². The molecule has 1 aromatic rings. The monoisotopic (exact) mass is 198 g/mol. The maximum atomic E-state index is 10.3. The maximum Gasteiger partial charge on any atom is 0.258 e. The normalized spacial score (nSPS) is 11.3. The van der Waals surface area contributed by atoms with Crippen LogP contribution in [0.5, 0.6) is 0 Å². The highest BCUT2D eigenvalue weighted by molar-refractivity contribution is 7.12. The summed E-state index contributed by atoms with van der Waals surface area (Å²) in [5.74, 6) is -0.525. The second-order valence-corrected chi connectivity index (χ2v) is 3.34. The van der Waals surface area contributed by atoms with Crippen molar-refractivity contribution in [3.05, 3.63) is 22.4 Å². The van der Waals surface area contributed by atoms with E-state index in [1.807, 2.05) is 24.4 Å². The van der Waals surface area contributed by atoms with Gasteiger partial charge in [0.25, 0.3) is 5.91 Å². The Morgan fingerprint density at radius 1 is 1.77 bits per heavy atom. The number of amides is 1. The lowest BCUT2D eigenvalue weighted by Gasteiger charge is -1.96. The van der Waals surface area contributed by atoms with E-state index >= 15 is 0 Å². The number of carbonyl (C=O) groups excluding carboxylic acids is 1. The average Bonchev–Trinajstić information content (AvgIpc) is 2.55. The van der Waals surface area contributed by atoms with Gasteiger partial charge < -0.3 is 10.6 Å². The fraction of sp³-hybridized carbons (Fsp3) is 0.250. The molecule has 0 radical (unpaired) electrons. The molecular formula is C8H10N2O2S. The maximum absolute atomic E-state index is 10.3. The van der Waals surface area contributed by atoms with Gasteiger partial charge in [-0.25, -0.2) is 0 Å². The number of primary amides is 1. The number of nitrogens with two attached hydrogens (primary N) is 1. The van der Waals surface area contributed by atoms with Gasteiger partial charge in [0.2, 0.25) is 0 Å². The summed E-state index contributed by atoms with van der Waals surface area (Å²) in [5, 5.41) is 5.68. The Kier molecular flexibility index (Phi) is 3.45. The fourth-order valence-corrected chi connectivity index (χ4v) is 1.39. The molecule has 0 atom stereocenters. The molecule has 0 fully saturated rings. The van der Waals surface area contributed by atoms with Crippen molar-refractivity contribution in [3.63, 3.8) is 0 Å². The number of carbonyl (C=O) groups is 1. The number of oxime groups is 1. The molecular weight excluding hydrogens is 188 g/mol. The lowest BCUT2D eigenvalue weighted by molar-refractivity contribution is -0.122. The third-order valence-electron chi connectivity index (χ3n) is 1.29. The first-order valence-electron chi connectivity index (χ1n) is 3.69. The van der Waals surface area contributed by atoms with E-state index < -0.39 is 5.91 Å². The van der Waals surface area contributed by atoms with Gasteiger partial charge in [0.05, 0.1) is 10.6 Å². The standard InChI is InChI=1S/C8H10N2O2S/c1-6(7-3-2-4-13-7)10-12-5-8(9)11/h2-4H,5H2,1H3,(H2,9,11)/b10-6-. The van der Waals surface area contributed by atoms with Gasteiger partial charge in [-0.2, -0.15) is 0 Å². The number of hydrogen-bond acceptors (Lipinski definition) is 4. The highest BCUT2D eigenvalue weighted by Gasteiger charge is 1.98. The molecule has 1 heterocycles. The quantitative estimate of drug-likeness (QED) is 0.578. The topological polar surface area (TPSA) is 64.7 Å². The van der Waals surface area contributed by atoms with Gasteiger partial charge in [-0.05, 0) is 18.4 Å². The van der Waals surface area contributed by atoms with E-state index in [1.165, 1.54) is 0 Å². The van der Waals surface area contributed by atoms with Crippen molar-refractivity contribution >= 4 is 23.0 Å². The molecule has 0 saturated heterocycles. The van der Waals surface area contributed by atoms with Gasteiger partial charge >= 0.3 is 0 Å². The second-order valence-electron chi connectivity index (χ2n) is 2.39. The van der Waals surface area contributed by atoms with Crippen molar-refractivity contribution in [1.29, 1.82) is 0 Å². The zero-order chi connectivity index (χ0) is 9.68. The zero-order valence-corrected chi connectivity index (χ0v) is 8.00. The number of thiophene rings is 1. The third kappa shape index (κ3) is 3.25. The van der Waals surface area contributed by atoms with Crippen molar-refractivity contribution < 1.29 is 9.63 Å². The molecule has 1 amide bonds. The van der Waals surface area contributed by atoms with Crippen LogP contribution in [0.3, 0.4) is 0 Å². The van der Waals surface area contributed by atoms with Gasteiger partial charge in [-0.3, -0.25) is 4.79 Å². The summed E-state index contributed by atoms with van der Waals surface area (Å²) in [4.78, 5) is 16.0. The summed E-state index contributed by atoms with van der Waals surface area (Å²) < 4.78 is 0. The highest BCUT2D eigenvalue weighted by atomic mass is 32.1. The molecule has 0 aliphatic heterocycles. The molecule has 0 saturated carbocycles. The molecule has 0 spiro atoms. The Morgan fingerprint density at radius 3 is 3.08 bits per heavy atom. The van der Waals surface area contributed by atoms with Crippen molar-refractivity contribution in [2.24, 2.45) is 10.9 Å². The molecule has 1 rings (SSSR count). The first-order chi connectivity index (χ1) is 6.20. The van der Waals surface area contributed by atoms with Crippen molar-refractivity contribution in [3.8, 4) is 0 Å². The number of hydrogen-bond donors (Lipinski definition) is 1.